The zero-order valence-corrected chi connectivity index (χ0v) is 30.2. The molecule has 3 heterocycles. The molecule has 5 nitrogen and oxygen atoms in total. The summed E-state index contributed by atoms with van der Waals surface area (Å²) in [5.41, 5.74) is 12.3. The SMILES string of the molecule is c1ccc(-c2ccc(-c3nc(-c4ccccc4)nc(-c4cccc5oc6cc(-n7c8ccccc8c8c(-c9ccccc9)cccc87)ccc6c45)n3)cc2)cc1. The molecule has 0 atom stereocenters. The number of rotatable bonds is 6. The summed E-state index contributed by atoms with van der Waals surface area (Å²) in [5.74, 6) is 1.82. The minimum Gasteiger partial charge on any atom is -0.456 e. The maximum atomic E-state index is 6.67. The van der Waals surface area contributed by atoms with Crippen LogP contribution < -0.4 is 0 Å². The first-order valence-electron chi connectivity index (χ1n) is 18.8. The molecule has 0 aliphatic rings. The summed E-state index contributed by atoms with van der Waals surface area (Å²) in [4.78, 5) is 15.2. The number of hydrogen-bond acceptors (Lipinski definition) is 4. The van der Waals surface area contributed by atoms with E-state index in [-0.39, 0.29) is 0 Å². The van der Waals surface area contributed by atoms with E-state index < -0.39 is 0 Å². The van der Waals surface area contributed by atoms with Crippen molar-refractivity contribution < 1.29 is 4.42 Å². The van der Waals surface area contributed by atoms with E-state index in [0.717, 1.165) is 66.5 Å². The van der Waals surface area contributed by atoms with Gasteiger partial charge in [0.15, 0.2) is 17.5 Å². The fourth-order valence-corrected chi connectivity index (χ4v) is 8.08. The molecule has 262 valence electrons. The molecule has 0 saturated heterocycles. The van der Waals surface area contributed by atoms with Gasteiger partial charge in [-0.1, -0.05) is 158 Å². The lowest BCUT2D eigenvalue weighted by atomic mass is 9.99. The second-order valence-corrected chi connectivity index (χ2v) is 14.0. The van der Waals surface area contributed by atoms with Crippen LogP contribution >= 0.6 is 0 Å². The molecule has 0 spiro atoms. The summed E-state index contributed by atoms with van der Waals surface area (Å²) in [5, 5.41) is 4.41. The Labute approximate surface area is 322 Å². The van der Waals surface area contributed by atoms with E-state index in [1.54, 1.807) is 0 Å². The van der Waals surface area contributed by atoms with E-state index in [2.05, 4.69) is 150 Å². The highest BCUT2D eigenvalue weighted by Gasteiger charge is 2.20. The van der Waals surface area contributed by atoms with Crippen LogP contribution in [0.5, 0.6) is 0 Å². The molecular weight excluding hydrogens is 685 g/mol. The Morgan fingerprint density at radius 3 is 1.64 bits per heavy atom. The van der Waals surface area contributed by atoms with Crippen molar-refractivity contribution >= 4 is 43.7 Å². The molecule has 0 bridgehead atoms. The smallest absolute Gasteiger partial charge is 0.164 e. The van der Waals surface area contributed by atoms with Gasteiger partial charge in [-0.25, -0.2) is 15.0 Å². The highest BCUT2D eigenvalue weighted by Crippen LogP contribution is 2.41. The van der Waals surface area contributed by atoms with Crippen LogP contribution in [0.4, 0.5) is 0 Å². The molecule has 11 aromatic rings. The number of fused-ring (bicyclic) bond motifs is 6. The first-order chi connectivity index (χ1) is 27.8. The van der Waals surface area contributed by atoms with E-state index >= 15 is 0 Å². The Hall–Kier alpha value is -7.63. The van der Waals surface area contributed by atoms with Gasteiger partial charge in [0.2, 0.25) is 0 Å². The fourth-order valence-electron chi connectivity index (χ4n) is 8.08. The van der Waals surface area contributed by atoms with Gasteiger partial charge in [0.05, 0.1) is 11.0 Å². The zero-order valence-electron chi connectivity index (χ0n) is 30.2. The molecule has 3 aromatic heterocycles. The van der Waals surface area contributed by atoms with Crippen LogP contribution in [0.15, 0.2) is 199 Å². The molecule has 0 amide bonds. The predicted octanol–water partition coefficient (Wildman–Crippen LogP) is 13.2. The third-order valence-corrected chi connectivity index (χ3v) is 10.7. The van der Waals surface area contributed by atoms with Crippen molar-refractivity contribution in [3.63, 3.8) is 0 Å². The van der Waals surface area contributed by atoms with E-state index in [4.69, 9.17) is 19.4 Å². The van der Waals surface area contributed by atoms with E-state index in [9.17, 15) is 0 Å². The van der Waals surface area contributed by atoms with Gasteiger partial charge < -0.3 is 8.98 Å². The van der Waals surface area contributed by atoms with Crippen LogP contribution in [0.3, 0.4) is 0 Å². The van der Waals surface area contributed by atoms with Crippen molar-refractivity contribution in [1.29, 1.82) is 0 Å². The highest BCUT2D eigenvalue weighted by atomic mass is 16.3. The van der Waals surface area contributed by atoms with Gasteiger partial charge in [-0.15, -0.1) is 0 Å². The monoisotopic (exact) mass is 716 g/mol. The number of furan rings is 1. The summed E-state index contributed by atoms with van der Waals surface area (Å²) in [6, 6.07) is 67.4. The van der Waals surface area contributed by atoms with Crippen molar-refractivity contribution in [2.45, 2.75) is 0 Å². The summed E-state index contributed by atoms with van der Waals surface area (Å²) >= 11 is 0. The Balaban J connectivity index is 1.07. The van der Waals surface area contributed by atoms with E-state index in [1.807, 2.05) is 48.5 Å². The Kier molecular flexibility index (Phi) is 7.42. The molecule has 0 aliphatic carbocycles. The molecule has 0 unspecified atom stereocenters. The van der Waals surface area contributed by atoms with Crippen LogP contribution in [0.25, 0.3) is 106 Å². The highest BCUT2D eigenvalue weighted by molar-refractivity contribution is 6.16. The van der Waals surface area contributed by atoms with Crippen LogP contribution in [0, 0.1) is 0 Å². The Bertz CT molecular complexity index is 3220. The van der Waals surface area contributed by atoms with Crippen LogP contribution in [0.2, 0.25) is 0 Å². The van der Waals surface area contributed by atoms with Crippen molar-refractivity contribution in [1.82, 2.24) is 19.5 Å². The first kappa shape index (κ1) is 31.9. The van der Waals surface area contributed by atoms with E-state index in [1.165, 1.54) is 21.9 Å². The topological polar surface area (TPSA) is 56.7 Å². The standard InChI is InChI=1S/C51H32N4O/c1-4-14-33(15-5-1)34-26-28-37(29-27-34)50-52-49(36-18-8-3-9-19-36)53-51(54-50)42-22-13-25-45-48(42)41-31-30-38(32-46(41)56-45)55-43-23-11-10-20-40(43)47-39(21-12-24-44(47)55)35-16-6-2-7-17-35/h1-32H. The summed E-state index contributed by atoms with van der Waals surface area (Å²) in [6.45, 7) is 0. The molecule has 0 aliphatic heterocycles. The summed E-state index contributed by atoms with van der Waals surface area (Å²) in [7, 11) is 0. The maximum absolute atomic E-state index is 6.67. The quantitative estimate of drug-likeness (QED) is 0.172. The van der Waals surface area contributed by atoms with Crippen molar-refractivity contribution in [2.24, 2.45) is 0 Å². The van der Waals surface area contributed by atoms with Crippen molar-refractivity contribution in [3.8, 4) is 62.1 Å². The van der Waals surface area contributed by atoms with Crippen LogP contribution in [-0.4, -0.2) is 19.5 Å². The molecule has 5 heteroatoms. The number of nitrogens with zero attached hydrogens (tertiary/aromatic N) is 4. The average Bonchev–Trinajstić information content (AvgIpc) is 3.83. The van der Waals surface area contributed by atoms with Crippen molar-refractivity contribution in [2.75, 3.05) is 0 Å². The molecule has 11 rings (SSSR count). The van der Waals surface area contributed by atoms with Gasteiger partial charge in [-0.3, -0.25) is 0 Å². The second-order valence-electron chi connectivity index (χ2n) is 14.0. The zero-order chi connectivity index (χ0) is 37.0. The normalized spacial score (nSPS) is 11.6. The van der Waals surface area contributed by atoms with Gasteiger partial charge in [0.1, 0.15) is 11.2 Å². The number of para-hydroxylation sites is 1. The molecule has 0 fully saturated rings. The Morgan fingerprint density at radius 1 is 0.339 bits per heavy atom. The van der Waals surface area contributed by atoms with Gasteiger partial charge in [0.25, 0.3) is 0 Å². The van der Waals surface area contributed by atoms with Gasteiger partial charge >= 0.3 is 0 Å². The van der Waals surface area contributed by atoms with Gasteiger partial charge in [-0.05, 0) is 52.6 Å². The third-order valence-electron chi connectivity index (χ3n) is 10.7. The minimum atomic E-state index is 0.592. The third kappa shape index (κ3) is 5.29. The number of aromatic nitrogens is 4. The van der Waals surface area contributed by atoms with Crippen molar-refractivity contribution in [3.05, 3.63) is 194 Å². The molecule has 0 saturated carbocycles. The molecular formula is C51H32N4O. The molecule has 0 N–H and O–H groups in total. The summed E-state index contributed by atoms with van der Waals surface area (Å²) < 4.78 is 9.02. The molecule has 0 radical (unpaired) electrons. The fraction of sp³-hybridized carbons (Fsp3) is 0. The first-order valence-corrected chi connectivity index (χ1v) is 18.8. The average molecular weight is 717 g/mol. The molecule has 56 heavy (non-hydrogen) atoms. The van der Waals surface area contributed by atoms with Gasteiger partial charge in [-0.2, -0.15) is 0 Å². The largest absolute Gasteiger partial charge is 0.456 e. The van der Waals surface area contributed by atoms with Crippen LogP contribution in [0.1, 0.15) is 0 Å². The number of hydrogen-bond donors (Lipinski definition) is 0. The maximum Gasteiger partial charge on any atom is 0.164 e. The Morgan fingerprint density at radius 2 is 0.893 bits per heavy atom. The lowest BCUT2D eigenvalue weighted by Crippen LogP contribution is -2.00. The molecule has 8 aromatic carbocycles. The van der Waals surface area contributed by atoms with Gasteiger partial charge in [0, 0.05) is 50.0 Å². The lowest BCUT2D eigenvalue weighted by Gasteiger charge is -2.10. The summed E-state index contributed by atoms with van der Waals surface area (Å²) in [6.07, 6.45) is 0. The second kappa shape index (κ2) is 13.0. The van der Waals surface area contributed by atoms with Crippen LogP contribution in [-0.2, 0) is 0 Å². The van der Waals surface area contributed by atoms with E-state index in [0.29, 0.717) is 17.5 Å². The minimum absolute atomic E-state index is 0.592. The lowest BCUT2D eigenvalue weighted by molar-refractivity contribution is 0.668. The number of benzene rings is 8. The predicted molar refractivity (Wildman–Crippen MR) is 229 cm³/mol.